The van der Waals surface area contributed by atoms with E-state index in [9.17, 15) is 8.42 Å². The number of sulfone groups is 1. The molecular weight excluding hydrogens is 198 g/mol. The molecule has 14 heavy (non-hydrogen) atoms. The molecule has 4 heteroatoms. The van der Waals surface area contributed by atoms with Crippen molar-refractivity contribution >= 4 is 9.84 Å². The van der Waals surface area contributed by atoms with E-state index in [-0.39, 0.29) is 5.75 Å². The van der Waals surface area contributed by atoms with Crippen LogP contribution in [0.4, 0.5) is 0 Å². The van der Waals surface area contributed by atoms with Crippen LogP contribution < -0.4 is 5.32 Å². The van der Waals surface area contributed by atoms with Crippen molar-refractivity contribution in [2.45, 2.75) is 26.2 Å². The summed E-state index contributed by atoms with van der Waals surface area (Å²) in [5.41, 5.74) is 1.25. The predicted octanol–water partition coefficient (Wildman–Crippen LogP) is 1.12. The maximum absolute atomic E-state index is 11.4. The van der Waals surface area contributed by atoms with E-state index in [1.807, 2.05) is 13.0 Å². The van der Waals surface area contributed by atoms with Gasteiger partial charge in [-0.05, 0) is 25.8 Å². The zero-order chi connectivity index (χ0) is 10.4. The lowest BCUT2D eigenvalue weighted by molar-refractivity contribution is 0.595. The van der Waals surface area contributed by atoms with Gasteiger partial charge in [0.15, 0.2) is 9.84 Å². The van der Waals surface area contributed by atoms with Crippen LogP contribution in [0.2, 0.25) is 0 Å². The average Bonchev–Trinajstić information content (AvgIpc) is 2.17. The minimum Gasteiger partial charge on any atom is -0.313 e. The summed E-state index contributed by atoms with van der Waals surface area (Å²) in [5, 5.41) is 3.24. The monoisotopic (exact) mass is 217 g/mol. The lowest BCUT2D eigenvalue weighted by Crippen LogP contribution is -2.24. The standard InChI is InChI=1S/C10H19NO2S/c1-2-7-14(12,13)8-5-10-4-3-6-11-9-10/h5,11H,2-4,6-9H2,1H3/b10-5-. The molecule has 1 saturated heterocycles. The lowest BCUT2D eigenvalue weighted by atomic mass is 10.1. The highest BCUT2D eigenvalue weighted by molar-refractivity contribution is 7.91. The Morgan fingerprint density at radius 2 is 2.29 bits per heavy atom. The van der Waals surface area contributed by atoms with Crippen molar-refractivity contribution in [1.82, 2.24) is 5.32 Å². The Labute approximate surface area is 86.5 Å². The molecule has 1 rings (SSSR count). The number of piperidine rings is 1. The first-order valence-electron chi connectivity index (χ1n) is 5.23. The fraction of sp³-hybridized carbons (Fsp3) is 0.800. The second kappa shape index (κ2) is 5.51. The van der Waals surface area contributed by atoms with E-state index in [1.54, 1.807) is 0 Å². The van der Waals surface area contributed by atoms with E-state index in [0.717, 1.165) is 25.9 Å². The normalized spacial score (nSPS) is 21.4. The third kappa shape index (κ3) is 4.24. The van der Waals surface area contributed by atoms with Crippen molar-refractivity contribution in [3.8, 4) is 0 Å². The van der Waals surface area contributed by atoms with Gasteiger partial charge in [0, 0.05) is 6.54 Å². The third-order valence-electron chi connectivity index (χ3n) is 2.34. The molecule has 3 nitrogen and oxygen atoms in total. The molecule has 82 valence electrons. The molecule has 1 aliphatic heterocycles. The molecule has 1 fully saturated rings. The van der Waals surface area contributed by atoms with Crippen molar-refractivity contribution in [2.24, 2.45) is 0 Å². The van der Waals surface area contributed by atoms with Crippen LogP contribution in [-0.4, -0.2) is 33.0 Å². The number of rotatable bonds is 4. The van der Waals surface area contributed by atoms with Crippen LogP contribution in [0.3, 0.4) is 0 Å². The van der Waals surface area contributed by atoms with Crippen molar-refractivity contribution in [3.63, 3.8) is 0 Å². The molecule has 0 saturated carbocycles. The second-order valence-electron chi connectivity index (χ2n) is 3.76. The summed E-state index contributed by atoms with van der Waals surface area (Å²) in [6, 6.07) is 0. The zero-order valence-corrected chi connectivity index (χ0v) is 9.57. The maximum atomic E-state index is 11.4. The molecule has 0 aromatic carbocycles. The fourth-order valence-electron chi connectivity index (χ4n) is 1.59. The molecule has 1 heterocycles. The molecule has 0 aliphatic carbocycles. The van der Waals surface area contributed by atoms with Crippen molar-refractivity contribution in [2.75, 3.05) is 24.6 Å². The van der Waals surface area contributed by atoms with Gasteiger partial charge in [0.2, 0.25) is 0 Å². The van der Waals surface area contributed by atoms with Gasteiger partial charge < -0.3 is 5.32 Å². The van der Waals surface area contributed by atoms with E-state index >= 15 is 0 Å². The highest BCUT2D eigenvalue weighted by atomic mass is 32.2. The minimum absolute atomic E-state index is 0.220. The van der Waals surface area contributed by atoms with E-state index in [2.05, 4.69) is 5.32 Å². The predicted molar refractivity (Wildman–Crippen MR) is 59.1 cm³/mol. The molecule has 0 aromatic rings. The van der Waals surface area contributed by atoms with Crippen molar-refractivity contribution in [3.05, 3.63) is 11.6 Å². The Bertz CT molecular complexity index is 285. The maximum Gasteiger partial charge on any atom is 0.153 e. The number of nitrogens with one attached hydrogen (secondary N) is 1. The van der Waals surface area contributed by atoms with Crippen LogP contribution in [0.25, 0.3) is 0 Å². The van der Waals surface area contributed by atoms with Crippen LogP contribution in [0.15, 0.2) is 11.6 Å². The van der Waals surface area contributed by atoms with Gasteiger partial charge in [-0.2, -0.15) is 0 Å². The second-order valence-corrected chi connectivity index (χ2v) is 5.99. The van der Waals surface area contributed by atoms with Crippen molar-refractivity contribution < 1.29 is 8.42 Å². The zero-order valence-electron chi connectivity index (χ0n) is 8.75. The summed E-state index contributed by atoms with van der Waals surface area (Å²) >= 11 is 0. The quantitative estimate of drug-likeness (QED) is 0.718. The van der Waals surface area contributed by atoms with E-state index in [1.165, 1.54) is 5.57 Å². The highest BCUT2D eigenvalue weighted by Crippen LogP contribution is 2.08. The summed E-state index contributed by atoms with van der Waals surface area (Å²) in [4.78, 5) is 0. The number of hydrogen-bond acceptors (Lipinski definition) is 3. The molecule has 1 aliphatic rings. The van der Waals surface area contributed by atoms with Gasteiger partial charge in [0.05, 0.1) is 11.5 Å². The topological polar surface area (TPSA) is 46.2 Å². The molecule has 0 bridgehead atoms. The first-order valence-corrected chi connectivity index (χ1v) is 7.05. The fourth-order valence-corrected chi connectivity index (χ4v) is 2.87. The van der Waals surface area contributed by atoms with Gasteiger partial charge in [-0.3, -0.25) is 0 Å². The Balaban J connectivity index is 2.44. The van der Waals surface area contributed by atoms with E-state index in [4.69, 9.17) is 0 Å². The molecular formula is C10H19NO2S. The van der Waals surface area contributed by atoms with Crippen LogP contribution in [0, 0.1) is 0 Å². The Morgan fingerprint density at radius 3 is 2.86 bits per heavy atom. The summed E-state index contributed by atoms with van der Waals surface area (Å²) in [6.07, 6.45) is 4.77. The largest absolute Gasteiger partial charge is 0.313 e. The van der Waals surface area contributed by atoms with Gasteiger partial charge >= 0.3 is 0 Å². The SMILES string of the molecule is CCCS(=O)(=O)C/C=C1/CCCNC1. The first-order chi connectivity index (χ1) is 6.64. The summed E-state index contributed by atoms with van der Waals surface area (Å²) in [5.74, 6) is 0.530. The summed E-state index contributed by atoms with van der Waals surface area (Å²) in [7, 11) is -2.84. The molecule has 0 aromatic heterocycles. The molecule has 0 atom stereocenters. The van der Waals surface area contributed by atoms with Crippen LogP contribution in [0.5, 0.6) is 0 Å². The van der Waals surface area contributed by atoms with Gasteiger partial charge in [-0.15, -0.1) is 0 Å². The third-order valence-corrected chi connectivity index (χ3v) is 4.05. The average molecular weight is 217 g/mol. The molecule has 0 unspecified atom stereocenters. The highest BCUT2D eigenvalue weighted by Gasteiger charge is 2.09. The first kappa shape index (κ1) is 11.7. The molecule has 0 spiro atoms. The van der Waals surface area contributed by atoms with Crippen LogP contribution >= 0.6 is 0 Å². The van der Waals surface area contributed by atoms with Gasteiger partial charge in [0.25, 0.3) is 0 Å². The van der Waals surface area contributed by atoms with E-state index in [0.29, 0.717) is 12.2 Å². The lowest BCUT2D eigenvalue weighted by Gasteiger charge is -2.15. The van der Waals surface area contributed by atoms with Crippen LogP contribution in [-0.2, 0) is 9.84 Å². The van der Waals surface area contributed by atoms with E-state index < -0.39 is 9.84 Å². The Morgan fingerprint density at radius 1 is 1.50 bits per heavy atom. The molecule has 0 radical (unpaired) electrons. The van der Waals surface area contributed by atoms with Gasteiger partial charge in [0.1, 0.15) is 0 Å². The van der Waals surface area contributed by atoms with Crippen molar-refractivity contribution in [1.29, 1.82) is 0 Å². The smallest absolute Gasteiger partial charge is 0.153 e. The van der Waals surface area contributed by atoms with Gasteiger partial charge in [-0.1, -0.05) is 18.6 Å². The summed E-state index contributed by atoms with van der Waals surface area (Å²) < 4.78 is 22.8. The van der Waals surface area contributed by atoms with Crippen LogP contribution in [0.1, 0.15) is 26.2 Å². The Kier molecular flexibility index (Phi) is 4.62. The molecule has 1 N–H and O–H groups in total. The summed E-state index contributed by atoms with van der Waals surface area (Å²) in [6.45, 7) is 3.81. The Hall–Kier alpha value is -0.350. The minimum atomic E-state index is -2.84. The number of hydrogen-bond donors (Lipinski definition) is 1. The molecule has 0 amide bonds. The van der Waals surface area contributed by atoms with Gasteiger partial charge in [-0.25, -0.2) is 8.42 Å².